The summed E-state index contributed by atoms with van der Waals surface area (Å²) >= 11 is 0. The van der Waals surface area contributed by atoms with Gasteiger partial charge in [0.05, 0.1) is 0 Å². The molecule has 1 aromatic heterocycles. The summed E-state index contributed by atoms with van der Waals surface area (Å²) in [7, 11) is 0. The van der Waals surface area contributed by atoms with Gasteiger partial charge in [0.15, 0.2) is 0 Å². The maximum absolute atomic E-state index is 12.5. The summed E-state index contributed by atoms with van der Waals surface area (Å²) in [4.78, 5) is 24.9. The molecular formula is C21H22N4O2. The molecule has 27 heavy (non-hydrogen) atoms. The zero-order chi connectivity index (χ0) is 19.4. The van der Waals surface area contributed by atoms with Crippen molar-refractivity contribution in [3.05, 3.63) is 77.6 Å². The Hall–Kier alpha value is -3.41. The molecule has 0 bridgehead atoms. The first-order chi connectivity index (χ1) is 12.9. The molecule has 2 N–H and O–H groups in total. The second-order valence-corrected chi connectivity index (χ2v) is 6.56. The Balaban J connectivity index is 1.70. The first kappa shape index (κ1) is 18.4. The monoisotopic (exact) mass is 362 g/mol. The minimum atomic E-state index is -0.437. The van der Waals surface area contributed by atoms with Crippen LogP contribution in [-0.4, -0.2) is 21.6 Å². The van der Waals surface area contributed by atoms with E-state index in [2.05, 4.69) is 15.7 Å². The average molecular weight is 362 g/mol. The number of nitrogens with one attached hydrogen (secondary N) is 2. The predicted molar refractivity (Wildman–Crippen MR) is 106 cm³/mol. The van der Waals surface area contributed by atoms with E-state index in [4.69, 9.17) is 0 Å². The third-order valence-corrected chi connectivity index (χ3v) is 4.17. The van der Waals surface area contributed by atoms with Crippen molar-refractivity contribution in [3.63, 3.8) is 0 Å². The van der Waals surface area contributed by atoms with E-state index < -0.39 is 6.04 Å². The summed E-state index contributed by atoms with van der Waals surface area (Å²) in [6.45, 7) is 5.69. The highest BCUT2D eigenvalue weighted by atomic mass is 16.2. The summed E-state index contributed by atoms with van der Waals surface area (Å²) in [5.74, 6) is -0.369. The molecule has 0 radical (unpaired) electrons. The van der Waals surface area contributed by atoms with Gasteiger partial charge in [-0.25, -0.2) is 0 Å². The molecule has 0 saturated heterocycles. The molecule has 0 fully saturated rings. The maximum Gasteiger partial charge on any atom is 0.255 e. The summed E-state index contributed by atoms with van der Waals surface area (Å²) in [6.07, 6.45) is 3.37. The molecule has 0 unspecified atom stereocenters. The lowest BCUT2D eigenvalue weighted by molar-refractivity contribution is -0.119. The van der Waals surface area contributed by atoms with Crippen LogP contribution in [-0.2, 0) is 4.79 Å². The van der Waals surface area contributed by atoms with Crippen molar-refractivity contribution in [1.29, 1.82) is 0 Å². The molecule has 0 spiro atoms. The van der Waals surface area contributed by atoms with E-state index in [1.54, 1.807) is 54.3 Å². The molecule has 3 rings (SSSR count). The lowest BCUT2D eigenvalue weighted by atomic mass is 10.1. The normalized spacial score (nSPS) is 11.7. The Morgan fingerprint density at radius 2 is 1.63 bits per heavy atom. The number of aromatic nitrogens is 2. The Labute approximate surface area is 158 Å². The topological polar surface area (TPSA) is 76.0 Å². The number of amides is 2. The van der Waals surface area contributed by atoms with Crippen molar-refractivity contribution in [1.82, 2.24) is 9.78 Å². The zero-order valence-corrected chi connectivity index (χ0v) is 15.6. The number of hydrogen-bond acceptors (Lipinski definition) is 3. The Kier molecular flexibility index (Phi) is 5.35. The minimum absolute atomic E-state index is 0.184. The van der Waals surface area contributed by atoms with Crippen LogP contribution in [0.15, 0.2) is 60.9 Å². The number of nitrogens with zero attached hydrogens (tertiary/aromatic N) is 2. The SMILES string of the molecule is Cc1cc(C)cc(C(=O)Nc2cccc(NC(=O)[C@H](C)n3cccn3)c2)c1. The number of aryl methyl sites for hydroxylation is 2. The second kappa shape index (κ2) is 7.86. The third-order valence-electron chi connectivity index (χ3n) is 4.17. The van der Waals surface area contributed by atoms with Gasteiger partial charge in [0.25, 0.3) is 5.91 Å². The summed E-state index contributed by atoms with van der Waals surface area (Å²) in [5.41, 5.74) is 3.90. The van der Waals surface area contributed by atoms with Gasteiger partial charge in [0.1, 0.15) is 6.04 Å². The lowest BCUT2D eigenvalue weighted by Crippen LogP contribution is -2.24. The first-order valence-corrected chi connectivity index (χ1v) is 8.72. The smallest absolute Gasteiger partial charge is 0.255 e. The fraction of sp³-hybridized carbons (Fsp3) is 0.190. The van der Waals surface area contributed by atoms with Gasteiger partial charge in [0.2, 0.25) is 5.91 Å². The Bertz CT molecular complexity index is 944. The molecule has 138 valence electrons. The molecule has 6 nitrogen and oxygen atoms in total. The maximum atomic E-state index is 12.5. The van der Waals surface area contributed by atoms with Gasteiger partial charge < -0.3 is 10.6 Å². The summed E-state index contributed by atoms with van der Waals surface area (Å²) in [5, 5.41) is 9.81. The minimum Gasteiger partial charge on any atom is -0.324 e. The van der Waals surface area contributed by atoms with Crippen LogP contribution in [0.1, 0.15) is 34.5 Å². The summed E-state index contributed by atoms with van der Waals surface area (Å²) in [6, 6.07) is 14.1. The van der Waals surface area contributed by atoms with E-state index in [0.29, 0.717) is 16.9 Å². The fourth-order valence-electron chi connectivity index (χ4n) is 2.86. The van der Waals surface area contributed by atoms with Crippen molar-refractivity contribution >= 4 is 23.2 Å². The number of rotatable bonds is 5. The van der Waals surface area contributed by atoms with Crippen molar-refractivity contribution < 1.29 is 9.59 Å². The first-order valence-electron chi connectivity index (χ1n) is 8.72. The van der Waals surface area contributed by atoms with Gasteiger partial charge in [-0.1, -0.05) is 23.3 Å². The van der Waals surface area contributed by atoms with Gasteiger partial charge in [-0.2, -0.15) is 5.10 Å². The highest BCUT2D eigenvalue weighted by Gasteiger charge is 2.15. The molecule has 2 amide bonds. The molecule has 0 aliphatic heterocycles. The van der Waals surface area contributed by atoms with E-state index in [1.165, 1.54) is 0 Å². The van der Waals surface area contributed by atoms with Gasteiger partial charge in [0, 0.05) is 29.3 Å². The number of carbonyl (C=O) groups excluding carboxylic acids is 2. The van der Waals surface area contributed by atoms with Gasteiger partial charge >= 0.3 is 0 Å². The average Bonchev–Trinajstić information content (AvgIpc) is 3.15. The highest BCUT2D eigenvalue weighted by Crippen LogP contribution is 2.18. The largest absolute Gasteiger partial charge is 0.324 e. The van der Waals surface area contributed by atoms with Crippen molar-refractivity contribution in [2.45, 2.75) is 26.8 Å². The van der Waals surface area contributed by atoms with Crippen LogP contribution >= 0.6 is 0 Å². The number of anilines is 2. The highest BCUT2D eigenvalue weighted by molar-refractivity contribution is 6.05. The molecule has 6 heteroatoms. The molecular weight excluding hydrogens is 340 g/mol. The van der Waals surface area contributed by atoms with Crippen molar-refractivity contribution in [2.75, 3.05) is 10.6 Å². The lowest BCUT2D eigenvalue weighted by Gasteiger charge is -2.13. The van der Waals surface area contributed by atoms with Crippen molar-refractivity contribution in [3.8, 4) is 0 Å². The molecule has 1 heterocycles. The predicted octanol–water partition coefficient (Wildman–Crippen LogP) is 3.95. The van der Waals surface area contributed by atoms with Gasteiger partial charge in [-0.15, -0.1) is 0 Å². The zero-order valence-electron chi connectivity index (χ0n) is 15.6. The van der Waals surface area contributed by atoms with Crippen LogP contribution in [0.4, 0.5) is 11.4 Å². The number of carbonyl (C=O) groups is 2. The van der Waals surface area contributed by atoms with Gasteiger partial charge in [-0.05, 0) is 57.2 Å². The Morgan fingerprint density at radius 1 is 0.963 bits per heavy atom. The van der Waals surface area contributed by atoms with E-state index in [9.17, 15) is 9.59 Å². The van der Waals surface area contributed by atoms with Crippen LogP contribution in [0.3, 0.4) is 0 Å². The van der Waals surface area contributed by atoms with E-state index in [1.807, 2.05) is 32.0 Å². The fourth-order valence-corrected chi connectivity index (χ4v) is 2.86. The second-order valence-electron chi connectivity index (χ2n) is 6.56. The molecule has 2 aromatic carbocycles. The summed E-state index contributed by atoms with van der Waals surface area (Å²) < 4.78 is 1.58. The van der Waals surface area contributed by atoms with E-state index >= 15 is 0 Å². The van der Waals surface area contributed by atoms with Crippen LogP contribution in [0, 0.1) is 13.8 Å². The van der Waals surface area contributed by atoms with E-state index in [0.717, 1.165) is 11.1 Å². The molecule has 3 aromatic rings. The van der Waals surface area contributed by atoms with Crippen LogP contribution in [0.5, 0.6) is 0 Å². The van der Waals surface area contributed by atoms with E-state index in [-0.39, 0.29) is 11.8 Å². The molecule has 0 aliphatic carbocycles. The van der Waals surface area contributed by atoms with Crippen LogP contribution in [0.25, 0.3) is 0 Å². The molecule has 0 saturated carbocycles. The molecule has 1 atom stereocenters. The quantitative estimate of drug-likeness (QED) is 0.721. The van der Waals surface area contributed by atoms with Crippen LogP contribution in [0.2, 0.25) is 0 Å². The van der Waals surface area contributed by atoms with Gasteiger partial charge in [-0.3, -0.25) is 14.3 Å². The number of hydrogen-bond donors (Lipinski definition) is 2. The third kappa shape index (κ3) is 4.61. The van der Waals surface area contributed by atoms with Crippen molar-refractivity contribution in [2.24, 2.45) is 0 Å². The Morgan fingerprint density at radius 3 is 2.26 bits per heavy atom. The van der Waals surface area contributed by atoms with Crippen LogP contribution < -0.4 is 10.6 Å². The molecule has 0 aliphatic rings. The number of benzene rings is 2. The standard InChI is InChI=1S/C21H22N4O2/c1-14-10-15(2)12-17(11-14)21(27)24-19-7-4-6-18(13-19)23-20(26)16(3)25-9-5-8-22-25/h4-13,16H,1-3H3,(H,23,26)(H,24,27)/t16-/m0/s1.